The van der Waals surface area contributed by atoms with Crippen molar-refractivity contribution in [2.45, 2.75) is 49.8 Å². The van der Waals surface area contributed by atoms with Crippen LogP contribution in [0.15, 0.2) is 48.8 Å². The van der Waals surface area contributed by atoms with Gasteiger partial charge in [0.25, 0.3) is 0 Å². The minimum atomic E-state index is -0.320. The van der Waals surface area contributed by atoms with Crippen molar-refractivity contribution in [3.05, 3.63) is 59.9 Å². The van der Waals surface area contributed by atoms with Gasteiger partial charge in [-0.3, -0.25) is 9.78 Å². The first-order valence-electron chi connectivity index (χ1n) is 10.6. The molecule has 2 aromatic rings. The van der Waals surface area contributed by atoms with E-state index in [9.17, 15) is 4.79 Å². The highest BCUT2D eigenvalue weighted by Gasteiger charge is 2.36. The lowest BCUT2D eigenvalue weighted by Gasteiger charge is -2.34. The maximum Gasteiger partial charge on any atom is 0.241 e. The highest BCUT2D eigenvalue weighted by molar-refractivity contribution is 14.1. The van der Waals surface area contributed by atoms with E-state index < -0.39 is 0 Å². The second-order valence-electron chi connectivity index (χ2n) is 8.34. The van der Waals surface area contributed by atoms with Gasteiger partial charge < -0.3 is 15.4 Å². The molecule has 2 fully saturated rings. The molecule has 3 atom stereocenters. The minimum Gasteiger partial charge on any atom is -0.380 e. The maximum absolute atomic E-state index is 12.7. The molecule has 30 heavy (non-hydrogen) atoms. The Hall–Kier alpha value is -1.55. The Morgan fingerprint density at radius 3 is 2.73 bits per heavy atom. The predicted molar refractivity (Wildman–Crippen MR) is 126 cm³/mol. The van der Waals surface area contributed by atoms with Gasteiger partial charge >= 0.3 is 0 Å². The third-order valence-corrected chi connectivity index (χ3v) is 7.24. The molecule has 1 aromatic carbocycles. The molecule has 1 aliphatic carbocycles. The van der Waals surface area contributed by atoms with Crippen molar-refractivity contribution in [1.82, 2.24) is 13.8 Å². The highest BCUT2D eigenvalue weighted by Crippen LogP contribution is 2.42. The van der Waals surface area contributed by atoms with Crippen LogP contribution in [0.2, 0.25) is 0 Å². The van der Waals surface area contributed by atoms with Gasteiger partial charge in [0.1, 0.15) is 0 Å². The van der Waals surface area contributed by atoms with E-state index in [0.29, 0.717) is 13.0 Å². The number of benzene rings is 1. The molecule has 0 radical (unpaired) electrons. The van der Waals surface area contributed by atoms with Crippen molar-refractivity contribution in [1.29, 1.82) is 0 Å². The number of aromatic nitrogens is 1. The van der Waals surface area contributed by atoms with Crippen LogP contribution < -0.4 is 14.2 Å². The smallest absolute Gasteiger partial charge is 0.241 e. The number of anilines is 1. The van der Waals surface area contributed by atoms with Crippen molar-refractivity contribution in [3.63, 3.8) is 0 Å². The van der Waals surface area contributed by atoms with Crippen LogP contribution >= 0.6 is 22.9 Å². The van der Waals surface area contributed by atoms with Crippen LogP contribution in [0, 0.1) is 5.92 Å². The fraction of sp³-hybridized carbons (Fsp3) is 0.478. The Morgan fingerprint density at radius 1 is 1.27 bits per heavy atom. The number of amides is 1. The van der Waals surface area contributed by atoms with E-state index in [-0.39, 0.29) is 23.6 Å². The van der Waals surface area contributed by atoms with Gasteiger partial charge in [-0.25, -0.2) is 3.53 Å². The molecule has 1 saturated heterocycles. The van der Waals surface area contributed by atoms with E-state index in [0.717, 1.165) is 23.6 Å². The Balaban J connectivity index is 1.57. The summed E-state index contributed by atoms with van der Waals surface area (Å²) < 4.78 is 8.94. The van der Waals surface area contributed by atoms with E-state index in [1.54, 1.807) is 7.11 Å². The third-order valence-electron chi connectivity index (χ3n) is 6.32. The molecule has 0 spiro atoms. The summed E-state index contributed by atoms with van der Waals surface area (Å²) in [6.45, 7) is 0.708. The van der Waals surface area contributed by atoms with Crippen molar-refractivity contribution >= 4 is 34.5 Å². The average Bonchev–Trinajstić information content (AvgIpc) is 3.49. The second-order valence-corrected chi connectivity index (χ2v) is 8.88. The molecular weight excluding hydrogens is 491 g/mol. The van der Waals surface area contributed by atoms with Gasteiger partial charge in [0, 0.05) is 54.6 Å². The van der Waals surface area contributed by atoms with Gasteiger partial charge in [-0.15, -0.1) is 0 Å². The van der Waals surface area contributed by atoms with Gasteiger partial charge in [0.2, 0.25) is 5.91 Å². The Kier molecular flexibility index (Phi) is 7.02. The van der Waals surface area contributed by atoms with Crippen LogP contribution in [-0.4, -0.2) is 36.7 Å². The van der Waals surface area contributed by atoms with Crippen LogP contribution in [0.4, 0.5) is 5.69 Å². The molecule has 1 saturated carbocycles. The number of pyridine rings is 1. The number of rotatable bonds is 9. The number of halogens is 1. The van der Waals surface area contributed by atoms with Crippen LogP contribution in [-0.2, 0) is 15.1 Å². The number of carbonyl (C=O) groups is 1. The number of methoxy groups -OCH3 is 1. The summed E-state index contributed by atoms with van der Waals surface area (Å²) in [7, 11) is 1.69. The first-order valence-corrected chi connectivity index (χ1v) is 11.7. The van der Waals surface area contributed by atoms with Crippen LogP contribution in [0.5, 0.6) is 0 Å². The monoisotopic (exact) mass is 520 g/mol. The van der Waals surface area contributed by atoms with E-state index in [2.05, 4.69) is 66.3 Å². The van der Waals surface area contributed by atoms with E-state index in [1.165, 1.54) is 24.8 Å². The van der Waals surface area contributed by atoms with Crippen molar-refractivity contribution in [3.8, 4) is 0 Å². The Bertz CT molecular complexity index is 861. The lowest BCUT2D eigenvalue weighted by Crippen LogP contribution is -2.38. The molecule has 1 aliphatic heterocycles. The van der Waals surface area contributed by atoms with Crippen LogP contribution in [0.3, 0.4) is 0 Å². The quantitative estimate of drug-likeness (QED) is 0.347. The lowest BCUT2D eigenvalue weighted by molar-refractivity contribution is -0.118. The molecular formula is C23H29IN4O2. The Labute approximate surface area is 192 Å². The number of hydrogen-bond donors (Lipinski definition) is 3. The summed E-state index contributed by atoms with van der Waals surface area (Å²) in [5, 5.41) is 6.34. The van der Waals surface area contributed by atoms with Gasteiger partial charge in [0.15, 0.2) is 0 Å². The van der Waals surface area contributed by atoms with Gasteiger partial charge in [-0.1, -0.05) is 25.0 Å². The minimum absolute atomic E-state index is 0.0124. The highest BCUT2D eigenvalue weighted by atomic mass is 127. The number of nitrogens with one attached hydrogen (secondary N) is 3. The molecule has 4 rings (SSSR count). The number of hydrogen-bond acceptors (Lipinski definition) is 5. The molecule has 2 heterocycles. The topological polar surface area (TPSA) is 75.3 Å². The SMILES string of the molecule is CO[C@H]1CN[C@@H](C(=O)Nc2cccc(C(CCC3CC3)(NI)c3ccncc3)c2)C1. The largest absolute Gasteiger partial charge is 0.380 e. The molecule has 2 aliphatic rings. The third kappa shape index (κ3) is 4.85. The molecule has 7 heteroatoms. The fourth-order valence-corrected chi connectivity index (χ4v) is 5.14. The van der Waals surface area contributed by atoms with Gasteiger partial charge in [-0.05, 0) is 60.6 Å². The molecule has 1 amide bonds. The fourth-order valence-electron chi connectivity index (χ4n) is 4.25. The van der Waals surface area contributed by atoms with E-state index in [4.69, 9.17) is 4.74 Å². The van der Waals surface area contributed by atoms with Crippen molar-refractivity contribution in [2.24, 2.45) is 5.92 Å². The van der Waals surface area contributed by atoms with Gasteiger partial charge in [0.05, 0.1) is 17.7 Å². The zero-order valence-corrected chi connectivity index (χ0v) is 19.4. The molecule has 1 unspecified atom stereocenters. The van der Waals surface area contributed by atoms with Crippen LogP contribution in [0.25, 0.3) is 0 Å². The summed E-state index contributed by atoms with van der Waals surface area (Å²) in [5.41, 5.74) is 2.84. The summed E-state index contributed by atoms with van der Waals surface area (Å²) in [5.74, 6) is 0.822. The Morgan fingerprint density at radius 2 is 2.07 bits per heavy atom. The van der Waals surface area contributed by atoms with Crippen molar-refractivity contribution in [2.75, 3.05) is 19.0 Å². The van der Waals surface area contributed by atoms with Crippen LogP contribution in [0.1, 0.15) is 43.2 Å². The average molecular weight is 520 g/mol. The van der Waals surface area contributed by atoms with E-state index in [1.807, 2.05) is 24.5 Å². The normalized spacial score (nSPS) is 23.1. The number of ether oxygens (including phenoxy) is 1. The maximum atomic E-state index is 12.7. The molecule has 1 aromatic heterocycles. The summed E-state index contributed by atoms with van der Waals surface area (Å²) >= 11 is 2.27. The predicted octanol–water partition coefficient (Wildman–Crippen LogP) is 3.77. The summed E-state index contributed by atoms with van der Waals surface area (Å²) in [4.78, 5) is 16.9. The van der Waals surface area contributed by atoms with E-state index >= 15 is 0 Å². The van der Waals surface area contributed by atoms with Crippen molar-refractivity contribution < 1.29 is 9.53 Å². The molecule has 3 N–H and O–H groups in total. The molecule has 0 bridgehead atoms. The standard InChI is InChI=1S/C23H29IN4O2/c1-30-20-14-21(26-15-20)22(29)27-19-4-2-3-18(13-19)23(28-24,10-7-16-5-6-16)17-8-11-25-12-9-17/h2-4,8-9,11-13,16,20-21,26,28H,5-7,10,14-15H2,1H3,(H,27,29)/t20-,21-,23?/m1/s1. The second kappa shape index (κ2) is 9.72. The summed E-state index contributed by atoms with van der Waals surface area (Å²) in [6, 6.07) is 12.2. The lowest BCUT2D eigenvalue weighted by atomic mass is 9.80. The van der Waals surface area contributed by atoms with Gasteiger partial charge in [-0.2, -0.15) is 0 Å². The molecule has 160 valence electrons. The zero-order chi connectivity index (χ0) is 21.0. The number of nitrogens with zero attached hydrogens (tertiary/aromatic N) is 1. The first-order chi connectivity index (χ1) is 14.6. The number of carbonyl (C=O) groups excluding carboxylic acids is 1. The summed E-state index contributed by atoms with van der Waals surface area (Å²) in [6.07, 6.45) is 9.33. The molecule has 6 nitrogen and oxygen atoms in total. The first kappa shape index (κ1) is 21.7. The zero-order valence-electron chi connectivity index (χ0n) is 17.2.